The third-order valence-electron chi connectivity index (χ3n) is 2.79. The first-order valence-corrected chi connectivity index (χ1v) is 7.24. The van der Waals surface area contributed by atoms with E-state index in [1.807, 2.05) is 25.6 Å². The van der Waals surface area contributed by atoms with Crippen LogP contribution in [0.2, 0.25) is 0 Å². The molecule has 0 aliphatic carbocycles. The molecular weight excluding hydrogens is 238 g/mol. The quantitative estimate of drug-likeness (QED) is 0.816. The Hall–Kier alpha value is -0.710. The second kappa shape index (κ2) is 6.89. The van der Waals surface area contributed by atoms with Crippen molar-refractivity contribution in [1.82, 2.24) is 4.90 Å². The largest absolute Gasteiger partial charge is 0.480 e. The maximum absolute atomic E-state index is 12.2. The van der Waals surface area contributed by atoms with Crippen molar-refractivity contribution in [3.05, 3.63) is 0 Å². The van der Waals surface area contributed by atoms with Crippen LogP contribution in [0.25, 0.3) is 0 Å². The minimum absolute atomic E-state index is 0.0291. The minimum atomic E-state index is -0.927. The van der Waals surface area contributed by atoms with E-state index in [0.717, 1.165) is 24.3 Å². The molecule has 0 aromatic rings. The Bertz CT molecular complexity index is 275. The van der Waals surface area contributed by atoms with Gasteiger partial charge >= 0.3 is 5.97 Å². The molecule has 1 fully saturated rings. The van der Waals surface area contributed by atoms with Gasteiger partial charge in [-0.25, -0.2) is 0 Å². The first-order chi connectivity index (χ1) is 8.00. The summed E-state index contributed by atoms with van der Waals surface area (Å²) in [6.45, 7) is 4.37. The van der Waals surface area contributed by atoms with Gasteiger partial charge in [0.2, 0.25) is 5.91 Å². The molecule has 0 atom stereocenters. The fourth-order valence-corrected chi connectivity index (χ4v) is 3.15. The lowest BCUT2D eigenvalue weighted by Crippen LogP contribution is -2.42. The van der Waals surface area contributed by atoms with Crippen molar-refractivity contribution in [2.75, 3.05) is 24.6 Å². The van der Waals surface area contributed by atoms with E-state index in [2.05, 4.69) is 0 Å². The van der Waals surface area contributed by atoms with Crippen LogP contribution in [0.5, 0.6) is 0 Å². The van der Waals surface area contributed by atoms with Crippen molar-refractivity contribution in [2.45, 2.75) is 26.7 Å². The molecule has 0 radical (unpaired) electrons. The summed E-state index contributed by atoms with van der Waals surface area (Å²) in [6.07, 6.45) is 1.77. The molecule has 0 saturated carbocycles. The highest BCUT2D eigenvalue weighted by Gasteiger charge is 2.27. The highest BCUT2D eigenvalue weighted by Crippen LogP contribution is 2.24. The zero-order valence-corrected chi connectivity index (χ0v) is 11.3. The maximum Gasteiger partial charge on any atom is 0.323 e. The smallest absolute Gasteiger partial charge is 0.323 e. The number of hydrogen-bond donors (Lipinski definition) is 1. The Morgan fingerprint density at radius 2 is 1.94 bits per heavy atom. The fraction of sp³-hybridized carbons (Fsp3) is 0.833. The Morgan fingerprint density at radius 3 is 2.41 bits per heavy atom. The van der Waals surface area contributed by atoms with Gasteiger partial charge in [0.1, 0.15) is 6.54 Å². The average molecular weight is 259 g/mol. The molecule has 0 aromatic carbocycles. The Labute approximate surface area is 107 Å². The third-order valence-corrected chi connectivity index (χ3v) is 3.84. The molecule has 1 N–H and O–H groups in total. The van der Waals surface area contributed by atoms with Gasteiger partial charge in [-0.2, -0.15) is 11.8 Å². The van der Waals surface area contributed by atoms with Crippen LogP contribution in [0.1, 0.15) is 26.7 Å². The van der Waals surface area contributed by atoms with Gasteiger partial charge in [0.25, 0.3) is 0 Å². The number of aliphatic carboxylic acids is 1. The van der Waals surface area contributed by atoms with E-state index in [1.165, 1.54) is 4.90 Å². The van der Waals surface area contributed by atoms with Gasteiger partial charge in [0, 0.05) is 12.5 Å². The van der Waals surface area contributed by atoms with Crippen LogP contribution in [0.3, 0.4) is 0 Å². The van der Waals surface area contributed by atoms with Crippen LogP contribution in [-0.4, -0.2) is 46.5 Å². The highest BCUT2D eigenvalue weighted by molar-refractivity contribution is 7.99. The van der Waals surface area contributed by atoms with Crippen molar-refractivity contribution in [2.24, 2.45) is 11.8 Å². The molecular formula is C12H21NO3S. The number of carboxylic acid groups (broad SMARTS) is 1. The van der Waals surface area contributed by atoms with Crippen LogP contribution in [0, 0.1) is 11.8 Å². The molecule has 1 rings (SSSR count). The van der Waals surface area contributed by atoms with Crippen molar-refractivity contribution in [3.8, 4) is 0 Å². The summed E-state index contributed by atoms with van der Waals surface area (Å²) in [5, 5.41) is 8.85. The second-order valence-corrected chi connectivity index (χ2v) is 6.12. The molecule has 98 valence electrons. The molecule has 0 bridgehead atoms. The van der Waals surface area contributed by atoms with E-state index in [9.17, 15) is 9.59 Å². The zero-order chi connectivity index (χ0) is 12.8. The third kappa shape index (κ3) is 4.98. The standard InChI is InChI=1S/C12H21NO3S/c1-9(2)7-13(8-11(14)15)12(16)10-3-5-17-6-4-10/h9-10H,3-8H2,1-2H3,(H,14,15). The van der Waals surface area contributed by atoms with Gasteiger partial charge in [-0.1, -0.05) is 13.8 Å². The minimum Gasteiger partial charge on any atom is -0.480 e. The maximum atomic E-state index is 12.2. The number of nitrogens with zero attached hydrogens (tertiary/aromatic N) is 1. The number of hydrogen-bond acceptors (Lipinski definition) is 3. The van der Waals surface area contributed by atoms with Crippen molar-refractivity contribution < 1.29 is 14.7 Å². The predicted molar refractivity (Wildman–Crippen MR) is 69.1 cm³/mol. The van der Waals surface area contributed by atoms with Gasteiger partial charge in [-0.05, 0) is 30.3 Å². The molecule has 1 aliphatic heterocycles. The van der Waals surface area contributed by atoms with E-state index in [-0.39, 0.29) is 18.4 Å². The number of carbonyl (C=O) groups is 2. The summed E-state index contributed by atoms with van der Waals surface area (Å²) in [4.78, 5) is 24.5. The first-order valence-electron chi connectivity index (χ1n) is 6.09. The highest BCUT2D eigenvalue weighted by atomic mass is 32.2. The SMILES string of the molecule is CC(C)CN(CC(=O)O)C(=O)C1CCSCC1. The summed E-state index contributed by atoms with van der Waals surface area (Å²) in [6, 6.07) is 0. The molecule has 17 heavy (non-hydrogen) atoms. The molecule has 4 nitrogen and oxygen atoms in total. The van der Waals surface area contributed by atoms with Gasteiger partial charge in [0.15, 0.2) is 0 Å². The van der Waals surface area contributed by atoms with Gasteiger partial charge in [-0.15, -0.1) is 0 Å². The van der Waals surface area contributed by atoms with E-state index >= 15 is 0 Å². The molecule has 1 heterocycles. The molecule has 5 heteroatoms. The van der Waals surface area contributed by atoms with E-state index in [0.29, 0.717) is 12.5 Å². The fourth-order valence-electron chi connectivity index (χ4n) is 2.04. The monoisotopic (exact) mass is 259 g/mol. The zero-order valence-electron chi connectivity index (χ0n) is 10.5. The lowest BCUT2D eigenvalue weighted by molar-refractivity contribution is -0.146. The number of carbonyl (C=O) groups excluding carboxylic acids is 1. The van der Waals surface area contributed by atoms with Crippen LogP contribution >= 0.6 is 11.8 Å². The summed E-state index contributed by atoms with van der Waals surface area (Å²) >= 11 is 1.87. The predicted octanol–water partition coefficient (Wildman–Crippen LogP) is 1.70. The molecule has 1 amide bonds. The van der Waals surface area contributed by atoms with Gasteiger partial charge in [-0.3, -0.25) is 9.59 Å². The first kappa shape index (κ1) is 14.4. The number of carboxylic acids is 1. The molecule has 1 aliphatic rings. The van der Waals surface area contributed by atoms with E-state index < -0.39 is 5.97 Å². The molecule has 0 aromatic heterocycles. The lowest BCUT2D eigenvalue weighted by Gasteiger charge is -2.29. The normalized spacial score (nSPS) is 17.1. The van der Waals surface area contributed by atoms with Crippen molar-refractivity contribution in [3.63, 3.8) is 0 Å². The summed E-state index contributed by atoms with van der Waals surface area (Å²) < 4.78 is 0. The summed E-state index contributed by atoms with van der Waals surface area (Å²) in [5.74, 6) is 1.47. The molecule has 0 unspecified atom stereocenters. The van der Waals surface area contributed by atoms with Crippen molar-refractivity contribution >= 4 is 23.6 Å². The molecule has 0 spiro atoms. The molecule has 1 saturated heterocycles. The Balaban J connectivity index is 2.60. The van der Waals surface area contributed by atoms with E-state index in [1.54, 1.807) is 0 Å². The number of amides is 1. The topological polar surface area (TPSA) is 57.6 Å². The van der Waals surface area contributed by atoms with Gasteiger partial charge < -0.3 is 10.0 Å². The summed E-state index contributed by atoms with van der Waals surface area (Å²) in [7, 11) is 0. The van der Waals surface area contributed by atoms with E-state index in [4.69, 9.17) is 5.11 Å². The van der Waals surface area contributed by atoms with Gasteiger partial charge in [0.05, 0.1) is 0 Å². The Kier molecular flexibility index (Phi) is 5.82. The van der Waals surface area contributed by atoms with Crippen LogP contribution in [0.15, 0.2) is 0 Å². The van der Waals surface area contributed by atoms with Crippen LogP contribution in [0.4, 0.5) is 0 Å². The lowest BCUT2D eigenvalue weighted by atomic mass is 10.0. The van der Waals surface area contributed by atoms with Crippen molar-refractivity contribution in [1.29, 1.82) is 0 Å². The van der Waals surface area contributed by atoms with Crippen LogP contribution in [-0.2, 0) is 9.59 Å². The summed E-state index contributed by atoms with van der Waals surface area (Å²) in [5.41, 5.74) is 0. The van der Waals surface area contributed by atoms with Crippen LogP contribution < -0.4 is 0 Å². The Morgan fingerprint density at radius 1 is 1.35 bits per heavy atom. The average Bonchev–Trinajstić information content (AvgIpc) is 2.27. The number of thioether (sulfide) groups is 1. The number of rotatable bonds is 5. The second-order valence-electron chi connectivity index (χ2n) is 4.89.